The van der Waals surface area contributed by atoms with Gasteiger partial charge in [0, 0.05) is 17.6 Å². The fourth-order valence-electron chi connectivity index (χ4n) is 1.98. The Morgan fingerprint density at radius 1 is 1.12 bits per heavy atom. The van der Waals surface area contributed by atoms with Crippen LogP contribution in [0.2, 0.25) is 0 Å². The zero-order valence-corrected chi connectivity index (χ0v) is 14.8. The van der Waals surface area contributed by atoms with Gasteiger partial charge in [0.2, 0.25) is 0 Å². The number of aromatic nitrogens is 3. The van der Waals surface area contributed by atoms with E-state index in [0.717, 1.165) is 10.1 Å². The van der Waals surface area contributed by atoms with Crippen LogP contribution in [0.15, 0.2) is 69.8 Å². The van der Waals surface area contributed by atoms with Crippen molar-refractivity contribution < 1.29 is 8.42 Å². The maximum absolute atomic E-state index is 12.4. The van der Waals surface area contributed by atoms with Crippen LogP contribution in [0.3, 0.4) is 0 Å². The van der Waals surface area contributed by atoms with Gasteiger partial charge in [-0.1, -0.05) is 0 Å². The number of nitriles is 1. The van der Waals surface area contributed by atoms with Crippen molar-refractivity contribution >= 4 is 27.5 Å². The van der Waals surface area contributed by atoms with Gasteiger partial charge in [-0.25, -0.2) is 8.42 Å². The number of sulfonamides is 1. The lowest BCUT2D eigenvalue weighted by atomic mass is 10.2. The van der Waals surface area contributed by atoms with Crippen LogP contribution in [0.25, 0.3) is 0 Å². The molecule has 2 aromatic carbocycles. The largest absolute Gasteiger partial charge is 0.311 e. The normalized spacial score (nSPS) is 11.0. The molecule has 0 aliphatic rings. The minimum Gasteiger partial charge on any atom is -0.311 e. The topological polar surface area (TPSA) is 101 Å². The van der Waals surface area contributed by atoms with E-state index in [1.165, 1.54) is 36.0 Å². The van der Waals surface area contributed by atoms with E-state index in [1.54, 1.807) is 35.2 Å². The number of nitrogens with one attached hydrogen (secondary N) is 1. The van der Waals surface area contributed by atoms with E-state index < -0.39 is 10.0 Å². The van der Waals surface area contributed by atoms with Crippen molar-refractivity contribution in [1.29, 1.82) is 5.26 Å². The Labute approximate surface area is 149 Å². The van der Waals surface area contributed by atoms with Gasteiger partial charge in [-0.2, -0.15) is 5.26 Å². The van der Waals surface area contributed by atoms with E-state index in [4.69, 9.17) is 5.26 Å². The molecule has 0 atom stereocenters. The smallest absolute Gasteiger partial charge is 0.261 e. The third kappa shape index (κ3) is 3.99. The van der Waals surface area contributed by atoms with Crippen molar-refractivity contribution in [3.63, 3.8) is 0 Å². The number of hydrogen-bond acceptors (Lipinski definition) is 6. The van der Waals surface area contributed by atoms with Crippen molar-refractivity contribution in [1.82, 2.24) is 14.8 Å². The summed E-state index contributed by atoms with van der Waals surface area (Å²) in [5.41, 5.74) is 0.857. The molecule has 0 saturated carbocycles. The molecule has 0 aliphatic heterocycles. The Bertz CT molecular complexity index is 1020. The summed E-state index contributed by atoms with van der Waals surface area (Å²) >= 11 is 1.43. The predicted molar refractivity (Wildman–Crippen MR) is 93.5 cm³/mol. The fourth-order valence-corrected chi connectivity index (χ4v) is 3.80. The molecule has 0 bridgehead atoms. The second-order valence-corrected chi connectivity index (χ2v) is 7.82. The average Bonchev–Trinajstić information content (AvgIpc) is 3.01. The van der Waals surface area contributed by atoms with Gasteiger partial charge in [0.1, 0.15) is 6.33 Å². The molecule has 0 saturated heterocycles. The highest BCUT2D eigenvalue weighted by Crippen LogP contribution is 2.27. The molecule has 1 aromatic heterocycles. The molecule has 7 nitrogen and oxygen atoms in total. The van der Waals surface area contributed by atoms with Crippen LogP contribution in [0.1, 0.15) is 5.56 Å². The van der Waals surface area contributed by atoms with E-state index in [9.17, 15) is 8.42 Å². The minimum absolute atomic E-state index is 0.101. The predicted octanol–water partition coefficient (Wildman–Crippen LogP) is 2.64. The first-order valence-electron chi connectivity index (χ1n) is 7.13. The second kappa shape index (κ2) is 6.96. The summed E-state index contributed by atoms with van der Waals surface area (Å²) in [4.78, 5) is 1.02. The second-order valence-electron chi connectivity index (χ2n) is 5.09. The number of aryl methyl sites for hydroxylation is 1. The standard InChI is InChI=1S/C16H13N5O2S2/c1-21-11-18-19-16(21)24-14-6-4-13(5-7-14)20-25(22,23)15-8-2-12(10-17)3-9-15/h2-9,11,20H,1H3. The first-order chi connectivity index (χ1) is 12.0. The molecule has 0 fully saturated rings. The van der Waals surface area contributed by atoms with Crippen LogP contribution in [-0.4, -0.2) is 23.2 Å². The van der Waals surface area contributed by atoms with Gasteiger partial charge in [0.15, 0.2) is 5.16 Å². The van der Waals surface area contributed by atoms with Crippen LogP contribution < -0.4 is 4.72 Å². The van der Waals surface area contributed by atoms with E-state index in [2.05, 4.69) is 14.9 Å². The van der Waals surface area contributed by atoms with Gasteiger partial charge in [0.25, 0.3) is 10.0 Å². The third-order valence-electron chi connectivity index (χ3n) is 3.28. The molecule has 126 valence electrons. The number of benzene rings is 2. The molecular formula is C16H13N5O2S2. The van der Waals surface area contributed by atoms with Crippen molar-refractivity contribution in [3.05, 3.63) is 60.4 Å². The summed E-state index contributed by atoms with van der Waals surface area (Å²) in [6, 6.07) is 14.7. The van der Waals surface area contributed by atoms with Crippen LogP contribution in [0.4, 0.5) is 5.69 Å². The molecule has 9 heteroatoms. The lowest BCUT2D eigenvalue weighted by Crippen LogP contribution is -2.12. The SMILES string of the molecule is Cn1cnnc1Sc1ccc(NS(=O)(=O)c2ccc(C#N)cc2)cc1. The maximum atomic E-state index is 12.4. The Kier molecular flexibility index (Phi) is 4.74. The summed E-state index contributed by atoms with van der Waals surface area (Å²) in [5.74, 6) is 0. The molecule has 0 spiro atoms. The summed E-state index contributed by atoms with van der Waals surface area (Å²) in [7, 11) is -1.85. The molecule has 25 heavy (non-hydrogen) atoms. The van der Waals surface area contributed by atoms with E-state index >= 15 is 0 Å². The van der Waals surface area contributed by atoms with Crippen molar-refractivity contribution in [2.45, 2.75) is 14.9 Å². The van der Waals surface area contributed by atoms with E-state index in [0.29, 0.717) is 11.3 Å². The summed E-state index contributed by atoms with van der Waals surface area (Å²) in [5, 5.41) is 17.3. The minimum atomic E-state index is -3.70. The lowest BCUT2D eigenvalue weighted by molar-refractivity contribution is 0.601. The highest BCUT2D eigenvalue weighted by Gasteiger charge is 2.14. The van der Waals surface area contributed by atoms with E-state index in [1.807, 2.05) is 13.1 Å². The van der Waals surface area contributed by atoms with Gasteiger partial charge in [-0.05, 0) is 60.3 Å². The van der Waals surface area contributed by atoms with E-state index in [-0.39, 0.29) is 4.90 Å². The van der Waals surface area contributed by atoms with Crippen molar-refractivity contribution in [2.75, 3.05) is 4.72 Å². The molecule has 0 aliphatic carbocycles. The van der Waals surface area contributed by atoms with Crippen molar-refractivity contribution in [3.8, 4) is 6.07 Å². The van der Waals surface area contributed by atoms with Gasteiger partial charge in [-0.3, -0.25) is 4.72 Å². The molecule has 3 rings (SSSR count). The van der Waals surface area contributed by atoms with Crippen LogP contribution in [0, 0.1) is 11.3 Å². The number of rotatable bonds is 5. The third-order valence-corrected chi connectivity index (χ3v) is 5.74. The lowest BCUT2D eigenvalue weighted by Gasteiger charge is -2.09. The fraction of sp³-hybridized carbons (Fsp3) is 0.0625. The highest BCUT2D eigenvalue weighted by atomic mass is 32.2. The Balaban J connectivity index is 1.74. The summed E-state index contributed by atoms with van der Waals surface area (Å²) in [6.07, 6.45) is 1.61. The molecule has 0 radical (unpaired) electrons. The van der Waals surface area contributed by atoms with Gasteiger partial charge >= 0.3 is 0 Å². The summed E-state index contributed by atoms with van der Waals surface area (Å²) < 4.78 is 29.0. The molecular weight excluding hydrogens is 358 g/mol. The highest BCUT2D eigenvalue weighted by molar-refractivity contribution is 7.99. The summed E-state index contributed by atoms with van der Waals surface area (Å²) in [6.45, 7) is 0. The molecule has 1 N–H and O–H groups in total. The van der Waals surface area contributed by atoms with Gasteiger partial charge in [-0.15, -0.1) is 10.2 Å². The zero-order valence-electron chi connectivity index (χ0n) is 13.1. The van der Waals surface area contributed by atoms with Crippen LogP contribution in [0.5, 0.6) is 0 Å². The monoisotopic (exact) mass is 371 g/mol. The first-order valence-corrected chi connectivity index (χ1v) is 9.43. The van der Waals surface area contributed by atoms with Gasteiger partial charge in [0.05, 0.1) is 16.5 Å². The number of anilines is 1. The van der Waals surface area contributed by atoms with Gasteiger partial charge < -0.3 is 4.57 Å². The van der Waals surface area contributed by atoms with Crippen LogP contribution >= 0.6 is 11.8 Å². The number of hydrogen-bond donors (Lipinski definition) is 1. The average molecular weight is 371 g/mol. The van der Waals surface area contributed by atoms with Crippen LogP contribution in [-0.2, 0) is 17.1 Å². The number of nitrogens with zero attached hydrogens (tertiary/aromatic N) is 4. The molecule has 0 amide bonds. The maximum Gasteiger partial charge on any atom is 0.261 e. The molecule has 3 aromatic rings. The zero-order chi connectivity index (χ0) is 17.9. The quantitative estimate of drug-likeness (QED) is 0.740. The molecule has 0 unspecified atom stereocenters. The first kappa shape index (κ1) is 17.0. The Morgan fingerprint density at radius 3 is 2.36 bits per heavy atom. The van der Waals surface area contributed by atoms with Crippen molar-refractivity contribution in [2.24, 2.45) is 7.05 Å². The molecule has 1 heterocycles. The Hall–Kier alpha value is -2.83. The Morgan fingerprint density at radius 2 is 1.80 bits per heavy atom.